The number of rotatable bonds is 7. The first-order chi connectivity index (χ1) is 10.2. The monoisotopic (exact) mass is 288 g/mol. The van der Waals surface area contributed by atoms with Crippen molar-refractivity contribution in [1.82, 2.24) is 10.2 Å². The molecule has 0 saturated heterocycles. The minimum atomic E-state index is 0.634. The van der Waals surface area contributed by atoms with Gasteiger partial charge < -0.3 is 5.32 Å². The molecule has 0 fully saturated rings. The van der Waals surface area contributed by atoms with Crippen LogP contribution in [0.4, 0.5) is 0 Å². The first kappa shape index (κ1) is 16.5. The Labute approximate surface area is 130 Å². The van der Waals surface area contributed by atoms with Gasteiger partial charge in [-0.3, -0.25) is 4.90 Å². The second-order valence-corrected chi connectivity index (χ2v) is 6.84. The molecule has 0 amide bonds. The smallest absolute Gasteiger partial charge is 0.0208 e. The quantitative estimate of drug-likeness (QED) is 0.815. The van der Waals surface area contributed by atoms with E-state index < -0.39 is 0 Å². The average Bonchev–Trinajstić information content (AvgIpc) is 2.48. The first-order valence-corrected chi connectivity index (χ1v) is 8.68. The molecule has 1 unspecified atom stereocenters. The molecule has 1 aromatic rings. The molecule has 1 aromatic carbocycles. The van der Waals surface area contributed by atoms with Crippen LogP contribution >= 0.6 is 0 Å². The summed E-state index contributed by atoms with van der Waals surface area (Å²) >= 11 is 0. The predicted molar refractivity (Wildman–Crippen MR) is 91.7 cm³/mol. The number of benzene rings is 1. The van der Waals surface area contributed by atoms with Crippen LogP contribution in [0.2, 0.25) is 0 Å². The van der Waals surface area contributed by atoms with E-state index in [1.165, 1.54) is 31.5 Å². The fraction of sp³-hybridized carbons (Fsp3) is 0.684. The van der Waals surface area contributed by atoms with Crippen molar-refractivity contribution in [2.45, 2.75) is 59.0 Å². The molecule has 0 bridgehead atoms. The van der Waals surface area contributed by atoms with Gasteiger partial charge in [-0.1, -0.05) is 52.0 Å². The SMILES string of the molecule is CCC(CC)N(CC(C)C)CC1CNCc2ccccc21. The van der Waals surface area contributed by atoms with E-state index in [0.717, 1.165) is 25.0 Å². The summed E-state index contributed by atoms with van der Waals surface area (Å²) in [5.74, 6) is 1.37. The molecule has 2 rings (SSSR count). The van der Waals surface area contributed by atoms with Crippen molar-refractivity contribution < 1.29 is 0 Å². The van der Waals surface area contributed by atoms with E-state index in [1.807, 2.05) is 0 Å². The summed E-state index contributed by atoms with van der Waals surface area (Å²) in [5, 5.41) is 3.60. The molecular formula is C19H32N2. The Morgan fingerprint density at radius 3 is 2.57 bits per heavy atom. The summed E-state index contributed by atoms with van der Waals surface area (Å²) in [6, 6.07) is 9.69. The highest BCUT2D eigenvalue weighted by Gasteiger charge is 2.25. The molecule has 2 heteroatoms. The van der Waals surface area contributed by atoms with Gasteiger partial charge in [0, 0.05) is 38.1 Å². The van der Waals surface area contributed by atoms with Crippen LogP contribution in [0.15, 0.2) is 24.3 Å². The molecule has 1 N–H and O–H groups in total. The molecule has 0 spiro atoms. The zero-order valence-electron chi connectivity index (χ0n) is 14.2. The summed E-state index contributed by atoms with van der Waals surface area (Å²) in [6.07, 6.45) is 2.51. The second-order valence-electron chi connectivity index (χ2n) is 6.84. The Balaban J connectivity index is 2.13. The zero-order valence-corrected chi connectivity index (χ0v) is 14.2. The predicted octanol–water partition coefficient (Wildman–Crippen LogP) is 4.02. The average molecular weight is 288 g/mol. The van der Waals surface area contributed by atoms with Crippen LogP contribution in [0.3, 0.4) is 0 Å². The van der Waals surface area contributed by atoms with Crippen molar-refractivity contribution in [2.24, 2.45) is 5.92 Å². The number of fused-ring (bicyclic) bond motifs is 1. The molecule has 1 aliphatic heterocycles. The largest absolute Gasteiger partial charge is 0.312 e. The van der Waals surface area contributed by atoms with Gasteiger partial charge in [0.1, 0.15) is 0 Å². The van der Waals surface area contributed by atoms with E-state index in [9.17, 15) is 0 Å². The van der Waals surface area contributed by atoms with E-state index in [0.29, 0.717) is 5.92 Å². The van der Waals surface area contributed by atoms with Crippen LogP contribution in [0.5, 0.6) is 0 Å². The topological polar surface area (TPSA) is 15.3 Å². The molecule has 118 valence electrons. The third-order valence-electron chi connectivity index (χ3n) is 4.71. The molecule has 0 aliphatic carbocycles. The summed E-state index contributed by atoms with van der Waals surface area (Å²) in [7, 11) is 0. The van der Waals surface area contributed by atoms with Crippen LogP contribution < -0.4 is 5.32 Å². The summed E-state index contributed by atoms with van der Waals surface area (Å²) < 4.78 is 0. The minimum Gasteiger partial charge on any atom is -0.312 e. The van der Waals surface area contributed by atoms with E-state index in [-0.39, 0.29) is 0 Å². The lowest BCUT2D eigenvalue weighted by atomic mass is 9.89. The molecule has 1 heterocycles. The normalized spacial score (nSPS) is 18.5. The number of nitrogens with one attached hydrogen (secondary N) is 1. The lowest BCUT2D eigenvalue weighted by molar-refractivity contribution is 0.153. The van der Waals surface area contributed by atoms with Crippen LogP contribution in [0.25, 0.3) is 0 Å². The number of hydrogen-bond donors (Lipinski definition) is 1. The van der Waals surface area contributed by atoms with Crippen molar-refractivity contribution in [3.8, 4) is 0 Å². The van der Waals surface area contributed by atoms with Crippen LogP contribution in [-0.4, -0.2) is 30.6 Å². The standard InChI is InChI=1S/C19H32N2/c1-5-18(6-2)21(13-15(3)4)14-17-12-20-11-16-9-7-8-10-19(16)17/h7-10,15,17-18,20H,5-6,11-14H2,1-4H3. The summed E-state index contributed by atoms with van der Waals surface area (Å²) in [6.45, 7) is 13.9. The Morgan fingerprint density at radius 1 is 1.19 bits per heavy atom. The third-order valence-corrected chi connectivity index (χ3v) is 4.71. The lowest BCUT2D eigenvalue weighted by Crippen LogP contribution is -2.43. The first-order valence-electron chi connectivity index (χ1n) is 8.68. The van der Waals surface area contributed by atoms with Gasteiger partial charge in [0.15, 0.2) is 0 Å². The third kappa shape index (κ3) is 4.31. The summed E-state index contributed by atoms with van der Waals surface area (Å²) in [4.78, 5) is 2.74. The second kappa shape index (κ2) is 7.95. The lowest BCUT2D eigenvalue weighted by Gasteiger charge is -2.37. The van der Waals surface area contributed by atoms with Crippen molar-refractivity contribution in [2.75, 3.05) is 19.6 Å². The Hall–Kier alpha value is -0.860. The fourth-order valence-electron chi connectivity index (χ4n) is 3.68. The Bertz CT molecular complexity index is 423. The van der Waals surface area contributed by atoms with Crippen LogP contribution in [-0.2, 0) is 6.54 Å². The van der Waals surface area contributed by atoms with Crippen molar-refractivity contribution in [3.63, 3.8) is 0 Å². The van der Waals surface area contributed by atoms with Crippen molar-refractivity contribution in [3.05, 3.63) is 35.4 Å². The highest BCUT2D eigenvalue weighted by Crippen LogP contribution is 2.26. The fourth-order valence-corrected chi connectivity index (χ4v) is 3.68. The molecule has 0 aromatic heterocycles. The number of nitrogens with zero attached hydrogens (tertiary/aromatic N) is 1. The molecule has 1 aliphatic rings. The molecule has 2 nitrogen and oxygen atoms in total. The molecule has 0 saturated carbocycles. The highest BCUT2D eigenvalue weighted by atomic mass is 15.2. The minimum absolute atomic E-state index is 0.634. The van der Waals surface area contributed by atoms with Crippen molar-refractivity contribution in [1.29, 1.82) is 0 Å². The maximum atomic E-state index is 3.60. The van der Waals surface area contributed by atoms with Gasteiger partial charge in [-0.25, -0.2) is 0 Å². The maximum absolute atomic E-state index is 3.60. The molecule has 1 atom stereocenters. The van der Waals surface area contributed by atoms with Gasteiger partial charge in [0.2, 0.25) is 0 Å². The Kier molecular flexibility index (Phi) is 6.25. The molecular weight excluding hydrogens is 256 g/mol. The van der Waals surface area contributed by atoms with Gasteiger partial charge in [-0.2, -0.15) is 0 Å². The molecule has 0 radical (unpaired) electrons. The number of hydrogen-bond acceptors (Lipinski definition) is 2. The van der Waals surface area contributed by atoms with Crippen molar-refractivity contribution >= 4 is 0 Å². The zero-order chi connectivity index (χ0) is 15.2. The Morgan fingerprint density at radius 2 is 1.90 bits per heavy atom. The van der Waals surface area contributed by atoms with Gasteiger partial charge >= 0.3 is 0 Å². The van der Waals surface area contributed by atoms with E-state index in [1.54, 1.807) is 5.56 Å². The highest BCUT2D eigenvalue weighted by molar-refractivity contribution is 5.33. The van der Waals surface area contributed by atoms with Gasteiger partial charge in [0.05, 0.1) is 0 Å². The van der Waals surface area contributed by atoms with Gasteiger partial charge in [0.25, 0.3) is 0 Å². The van der Waals surface area contributed by atoms with E-state index in [2.05, 4.69) is 62.2 Å². The van der Waals surface area contributed by atoms with Gasteiger partial charge in [-0.15, -0.1) is 0 Å². The van der Waals surface area contributed by atoms with Crippen LogP contribution in [0.1, 0.15) is 57.6 Å². The van der Waals surface area contributed by atoms with Gasteiger partial charge in [-0.05, 0) is 29.9 Å². The molecule has 21 heavy (non-hydrogen) atoms. The maximum Gasteiger partial charge on any atom is 0.0208 e. The van der Waals surface area contributed by atoms with E-state index in [4.69, 9.17) is 0 Å². The van der Waals surface area contributed by atoms with E-state index >= 15 is 0 Å². The van der Waals surface area contributed by atoms with Crippen LogP contribution in [0, 0.1) is 5.92 Å². The summed E-state index contributed by atoms with van der Waals surface area (Å²) in [5.41, 5.74) is 3.05.